The number of carboxylic acids is 1. The molecule has 4 nitrogen and oxygen atoms in total. The molecule has 0 spiro atoms. The largest absolute Gasteiger partial charge is 0.478 e. The third kappa shape index (κ3) is 23.9. The first-order valence-electron chi connectivity index (χ1n) is 7.74. The van der Waals surface area contributed by atoms with E-state index in [1.54, 1.807) is 0 Å². The summed E-state index contributed by atoms with van der Waals surface area (Å²) >= 11 is 0. The summed E-state index contributed by atoms with van der Waals surface area (Å²) in [6.45, 7) is 8.55. The van der Waals surface area contributed by atoms with Crippen molar-refractivity contribution in [2.45, 2.75) is 71.1 Å². The number of carboxylic acid groups (broad SMARTS) is 1. The van der Waals surface area contributed by atoms with Crippen molar-refractivity contribution in [3.05, 3.63) is 25.5 Å². The predicted octanol–water partition coefficient (Wildman–Crippen LogP) is 4.85. The fraction of sp³-hybridized carbons (Fsp3) is 0.647. The first-order valence-corrected chi connectivity index (χ1v) is 7.74. The number of carbonyl (C=O) groups excluding carboxylic acids is 1. The number of esters is 1. The Labute approximate surface area is 128 Å². The number of rotatable bonds is 12. The molecule has 0 aliphatic rings. The number of carbonyl (C=O) groups is 2. The lowest BCUT2D eigenvalue weighted by molar-refractivity contribution is -0.138. The maximum Gasteiger partial charge on any atom is 0.327 e. The number of aliphatic carboxylic acids is 1. The van der Waals surface area contributed by atoms with Crippen LogP contribution in [0.2, 0.25) is 0 Å². The van der Waals surface area contributed by atoms with Gasteiger partial charge in [0, 0.05) is 12.5 Å². The summed E-state index contributed by atoms with van der Waals surface area (Å²) in [5, 5.41) is 7.60. The smallest absolute Gasteiger partial charge is 0.327 e. The molecule has 0 aromatic carbocycles. The van der Waals surface area contributed by atoms with Crippen LogP contribution in [-0.4, -0.2) is 17.0 Å². The van der Waals surface area contributed by atoms with Gasteiger partial charge in [-0.2, -0.15) is 0 Å². The second-order valence-electron chi connectivity index (χ2n) is 4.78. The molecule has 0 atom stereocenters. The zero-order chi connectivity index (χ0) is 16.3. The molecule has 0 amide bonds. The van der Waals surface area contributed by atoms with Crippen LogP contribution in [0.15, 0.2) is 25.5 Å². The van der Waals surface area contributed by atoms with Crippen molar-refractivity contribution in [2.75, 3.05) is 0 Å². The topological polar surface area (TPSA) is 63.6 Å². The van der Waals surface area contributed by atoms with Gasteiger partial charge in [-0.05, 0) is 6.42 Å². The van der Waals surface area contributed by atoms with E-state index in [0.29, 0.717) is 6.42 Å². The summed E-state index contributed by atoms with van der Waals surface area (Å²) in [5.74, 6) is -1.14. The molecule has 4 heteroatoms. The second-order valence-corrected chi connectivity index (χ2v) is 4.78. The van der Waals surface area contributed by atoms with Gasteiger partial charge in [0.1, 0.15) is 0 Å². The third-order valence-corrected chi connectivity index (χ3v) is 2.87. The Kier molecular flexibility index (Phi) is 19.0. The van der Waals surface area contributed by atoms with Crippen molar-refractivity contribution in [1.82, 2.24) is 0 Å². The molecule has 0 aliphatic carbocycles. The maximum absolute atomic E-state index is 11.0. The van der Waals surface area contributed by atoms with Gasteiger partial charge in [-0.3, -0.25) is 4.79 Å². The molecule has 1 N–H and O–H groups in total. The van der Waals surface area contributed by atoms with E-state index >= 15 is 0 Å². The minimum Gasteiger partial charge on any atom is -0.478 e. The highest BCUT2D eigenvalue weighted by atomic mass is 16.5. The van der Waals surface area contributed by atoms with Crippen molar-refractivity contribution in [1.29, 1.82) is 0 Å². The van der Waals surface area contributed by atoms with Crippen LogP contribution in [0.3, 0.4) is 0 Å². The SMILES string of the molecule is C=CC(=O)O.C=COC(=O)CCCCCCCCCCC. The van der Waals surface area contributed by atoms with Gasteiger partial charge in [-0.1, -0.05) is 71.4 Å². The number of hydrogen-bond acceptors (Lipinski definition) is 3. The average molecular weight is 298 g/mol. The van der Waals surface area contributed by atoms with Crippen LogP contribution < -0.4 is 0 Å². The van der Waals surface area contributed by atoms with Gasteiger partial charge in [-0.25, -0.2) is 4.79 Å². The van der Waals surface area contributed by atoms with Gasteiger partial charge in [-0.15, -0.1) is 0 Å². The van der Waals surface area contributed by atoms with Gasteiger partial charge >= 0.3 is 11.9 Å². The van der Waals surface area contributed by atoms with E-state index in [1.807, 2.05) is 0 Å². The number of hydrogen-bond donors (Lipinski definition) is 1. The van der Waals surface area contributed by atoms with E-state index in [4.69, 9.17) is 5.11 Å². The van der Waals surface area contributed by atoms with Crippen LogP contribution in [0.4, 0.5) is 0 Å². The molecule has 0 bridgehead atoms. The third-order valence-electron chi connectivity index (χ3n) is 2.87. The van der Waals surface area contributed by atoms with E-state index in [9.17, 15) is 9.59 Å². The fourth-order valence-electron chi connectivity index (χ4n) is 1.73. The normalized spacial score (nSPS) is 9.19. The van der Waals surface area contributed by atoms with E-state index in [-0.39, 0.29) is 5.97 Å². The lowest BCUT2D eigenvalue weighted by atomic mass is 10.1. The highest BCUT2D eigenvalue weighted by Crippen LogP contribution is 2.10. The zero-order valence-electron chi connectivity index (χ0n) is 13.3. The van der Waals surface area contributed by atoms with Crippen LogP contribution in [0.1, 0.15) is 71.1 Å². The summed E-state index contributed by atoms with van der Waals surface area (Å²) in [6, 6.07) is 0. The molecule has 0 saturated heterocycles. The molecular formula is C17H30O4. The molecule has 0 heterocycles. The van der Waals surface area contributed by atoms with E-state index in [2.05, 4.69) is 24.8 Å². The monoisotopic (exact) mass is 298 g/mol. The average Bonchev–Trinajstić information content (AvgIpc) is 2.46. The Bertz CT molecular complexity index is 285. The first-order chi connectivity index (χ1) is 10.1. The summed E-state index contributed by atoms with van der Waals surface area (Å²) in [5.41, 5.74) is 0. The standard InChI is InChI=1S/C14H26O2.C3H4O2/c1-3-5-6-7-8-9-10-11-12-13-14(15)16-4-2;1-2-3(4)5/h4H,2-3,5-13H2,1H3;2H,1H2,(H,4,5). The molecule has 0 aromatic rings. The molecule has 0 fully saturated rings. The number of unbranched alkanes of at least 4 members (excludes halogenated alkanes) is 8. The Balaban J connectivity index is 0. The minimum atomic E-state index is -0.981. The quantitative estimate of drug-likeness (QED) is 0.242. The summed E-state index contributed by atoms with van der Waals surface area (Å²) < 4.78 is 4.64. The lowest BCUT2D eigenvalue weighted by Crippen LogP contribution is -1.98. The predicted molar refractivity (Wildman–Crippen MR) is 86.0 cm³/mol. The minimum absolute atomic E-state index is 0.155. The van der Waals surface area contributed by atoms with Crippen LogP contribution in [0.25, 0.3) is 0 Å². The van der Waals surface area contributed by atoms with E-state index in [0.717, 1.165) is 18.9 Å². The highest BCUT2D eigenvalue weighted by Gasteiger charge is 1.99. The summed E-state index contributed by atoms with van der Waals surface area (Å²) in [4.78, 5) is 20.2. The van der Waals surface area contributed by atoms with Crippen molar-refractivity contribution in [3.8, 4) is 0 Å². The van der Waals surface area contributed by atoms with E-state index < -0.39 is 5.97 Å². The molecule has 21 heavy (non-hydrogen) atoms. The van der Waals surface area contributed by atoms with Gasteiger partial charge < -0.3 is 9.84 Å². The molecule has 0 saturated carbocycles. The Morgan fingerprint density at radius 3 is 1.76 bits per heavy atom. The summed E-state index contributed by atoms with van der Waals surface area (Å²) in [6.07, 6.45) is 14.0. The van der Waals surface area contributed by atoms with Crippen molar-refractivity contribution < 1.29 is 19.4 Å². The van der Waals surface area contributed by atoms with Gasteiger partial charge in [0.05, 0.1) is 6.26 Å². The lowest BCUT2D eigenvalue weighted by Gasteiger charge is -2.01. The Morgan fingerprint density at radius 1 is 0.952 bits per heavy atom. The highest BCUT2D eigenvalue weighted by molar-refractivity contribution is 5.78. The molecule has 0 radical (unpaired) electrons. The molecule has 0 aliphatic heterocycles. The van der Waals surface area contributed by atoms with Gasteiger partial charge in [0.25, 0.3) is 0 Å². The molecule has 0 rings (SSSR count). The summed E-state index contributed by atoms with van der Waals surface area (Å²) in [7, 11) is 0. The van der Waals surface area contributed by atoms with Crippen molar-refractivity contribution >= 4 is 11.9 Å². The molecule has 0 unspecified atom stereocenters. The molecule has 0 aromatic heterocycles. The van der Waals surface area contributed by atoms with Crippen molar-refractivity contribution in [2.24, 2.45) is 0 Å². The first kappa shape index (κ1) is 21.7. The Morgan fingerprint density at radius 2 is 1.38 bits per heavy atom. The van der Waals surface area contributed by atoms with Gasteiger partial charge in [0.15, 0.2) is 0 Å². The van der Waals surface area contributed by atoms with Gasteiger partial charge in [0.2, 0.25) is 0 Å². The van der Waals surface area contributed by atoms with Crippen molar-refractivity contribution in [3.63, 3.8) is 0 Å². The second kappa shape index (κ2) is 18.4. The zero-order valence-corrected chi connectivity index (χ0v) is 13.3. The Hall–Kier alpha value is -1.58. The van der Waals surface area contributed by atoms with Crippen LogP contribution in [0, 0.1) is 0 Å². The maximum atomic E-state index is 11.0. The fourth-order valence-corrected chi connectivity index (χ4v) is 1.73. The van der Waals surface area contributed by atoms with Crippen LogP contribution >= 0.6 is 0 Å². The number of ether oxygens (including phenoxy) is 1. The molecule has 122 valence electrons. The van der Waals surface area contributed by atoms with Crippen LogP contribution in [0.5, 0.6) is 0 Å². The molecular weight excluding hydrogens is 268 g/mol. The van der Waals surface area contributed by atoms with Crippen LogP contribution in [-0.2, 0) is 14.3 Å². The van der Waals surface area contributed by atoms with E-state index in [1.165, 1.54) is 51.2 Å².